The lowest BCUT2D eigenvalue weighted by atomic mass is 10.1. The lowest BCUT2D eigenvalue weighted by Crippen LogP contribution is -2.08. The molecule has 0 aromatic heterocycles. The summed E-state index contributed by atoms with van der Waals surface area (Å²) in [5.41, 5.74) is 10.2. The molecule has 19 heavy (non-hydrogen) atoms. The molecule has 0 saturated carbocycles. The highest BCUT2D eigenvalue weighted by Gasteiger charge is 2.08. The van der Waals surface area contributed by atoms with Crippen molar-refractivity contribution in [1.82, 2.24) is 0 Å². The normalized spacial score (nSPS) is 11.6. The van der Waals surface area contributed by atoms with Crippen molar-refractivity contribution >= 4 is 11.4 Å². The molecule has 0 fully saturated rings. The van der Waals surface area contributed by atoms with Crippen LogP contribution in [0.5, 0.6) is 0 Å². The van der Waals surface area contributed by atoms with Crippen molar-refractivity contribution in [3.63, 3.8) is 0 Å². The number of rotatable bonds is 3. The quantitative estimate of drug-likeness (QED) is 0.819. The molecule has 2 rings (SSSR count). The molecule has 0 bridgehead atoms. The van der Waals surface area contributed by atoms with Crippen molar-refractivity contribution in [2.45, 2.75) is 19.9 Å². The third-order valence-corrected chi connectivity index (χ3v) is 3.10. The van der Waals surface area contributed by atoms with Crippen LogP contribution in [0.25, 0.3) is 0 Å². The summed E-state index contributed by atoms with van der Waals surface area (Å²) in [4.78, 5) is 0. The topological polar surface area (TPSA) is 61.8 Å². The predicted octanol–water partition coefficient (Wildman–Crippen LogP) is 3.62. The summed E-state index contributed by atoms with van der Waals surface area (Å²) in [6, 6.07) is 15.9. The maximum absolute atomic E-state index is 9.16. The maximum Gasteiger partial charge on any atom is 0.101 e. The van der Waals surface area contributed by atoms with E-state index in [1.54, 1.807) is 0 Å². The van der Waals surface area contributed by atoms with Crippen molar-refractivity contribution in [2.75, 3.05) is 11.1 Å². The summed E-state index contributed by atoms with van der Waals surface area (Å²) in [5, 5.41) is 12.5. The Labute approximate surface area is 113 Å². The number of nitrogens with two attached hydrogens (primary N) is 1. The Balaban J connectivity index is 2.21. The van der Waals surface area contributed by atoms with Gasteiger partial charge in [-0.25, -0.2) is 0 Å². The van der Waals surface area contributed by atoms with Crippen LogP contribution in [0.1, 0.15) is 29.7 Å². The van der Waals surface area contributed by atoms with Gasteiger partial charge in [0.05, 0.1) is 11.3 Å². The average molecular weight is 251 g/mol. The fourth-order valence-corrected chi connectivity index (χ4v) is 1.98. The standard InChI is InChI=1S/C16H17N3/c1-11-3-8-16(14(9-11)10-17)19-12(2)13-4-6-15(18)7-5-13/h3-9,12,19H,18H2,1-2H3. The Kier molecular flexibility index (Phi) is 3.72. The van der Waals surface area contributed by atoms with Gasteiger partial charge in [0.2, 0.25) is 0 Å². The highest BCUT2D eigenvalue weighted by molar-refractivity contribution is 5.59. The second-order valence-electron chi connectivity index (χ2n) is 4.69. The summed E-state index contributed by atoms with van der Waals surface area (Å²) in [6.07, 6.45) is 0. The third-order valence-electron chi connectivity index (χ3n) is 3.10. The third kappa shape index (κ3) is 3.05. The molecule has 3 nitrogen and oxygen atoms in total. The van der Waals surface area contributed by atoms with Gasteiger partial charge in [-0.3, -0.25) is 0 Å². The van der Waals surface area contributed by atoms with E-state index in [0.29, 0.717) is 5.56 Å². The van der Waals surface area contributed by atoms with E-state index in [-0.39, 0.29) is 6.04 Å². The molecule has 0 aliphatic carbocycles. The van der Waals surface area contributed by atoms with Crippen molar-refractivity contribution in [1.29, 1.82) is 5.26 Å². The van der Waals surface area contributed by atoms with Gasteiger partial charge < -0.3 is 11.1 Å². The molecule has 2 aromatic carbocycles. The monoisotopic (exact) mass is 251 g/mol. The molecule has 0 amide bonds. The number of nitrogens with zero attached hydrogens (tertiary/aromatic N) is 1. The summed E-state index contributed by atoms with van der Waals surface area (Å²) in [7, 11) is 0. The van der Waals surface area contributed by atoms with E-state index in [1.807, 2.05) is 49.4 Å². The zero-order valence-corrected chi connectivity index (χ0v) is 11.1. The molecule has 0 spiro atoms. The molecule has 3 heteroatoms. The molecule has 2 aromatic rings. The minimum Gasteiger partial charge on any atom is -0.399 e. The Morgan fingerprint density at radius 2 is 1.84 bits per heavy atom. The first-order valence-electron chi connectivity index (χ1n) is 6.23. The lowest BCUT2D eigenvalue weighted by molar-refractivity contribution is 0.884. The number of anilines is 2. The van der Waals surface area contributed by atoms with E-state index in [1.165, 1.54) is 0 Å². The molecule has 96 valence electrons. The molecule has 3 N–H and O–H groups in total. The summed E-state index contributed by atoms with van der Waals surface area (Å²) < 4.78 is 0. The Morgan fingerprint density at radius 1 is 1.16 bits per heavy atom. The highest BCUT2D eigenvalue weighted by Crippen LogP contribution is 2.23. The van der Waals surface area contributed by atoms with Crippen molar-refractivity contribution in [3.05, 3.63) is 59.2 Å². The maximum atomic E-state index is 9.16. The van der Waals surface area contributed by atoms with Crippen molar-refractivity contribution < 1.29 is 0 Å². The van der Waals surface area contributed by atoms with Crippen LogP contribution in [-0.4, -0.2) is 0 Å². The molecular formula is C16H17N3. The van der Waals surface area contributed by atoms with Gasteiger partial charge in [0.15, 0.2) is 0 Å². The van der Waals surface area contributed by atoms with Gasteiger partial charge in [0.1, 0.15) is 6.07 Å². The average Bonchev–Trinajstić information content (AvgIpc) is 2.41. The van der Waals surface area contributed by atoms with E-state index >= 15 is 0 Å². The van der Waals surface area contributed by atoms with Crippen molar-refractivity contribution in [2.24, 2.45) is 0 Å². The van der Waals surface area contributed by atoms with Crippen LogP contribution < -0.4 is 11.1 Å². The highest BCUT2D eigenvalue weighted by atomic mass is 14.9. The number of nitrogen functional groups attached to an aromatic ring is 1. The van der Waals surface area contributed by atoms with Crippen LogP contribution >= 0.6 is 0 Å². The van der Waals surface area contributed by atoms with Gasteiger partial charge in [0.25, 0.3) is 0 Å². The number of nitrogens with one attached hydrogen (secondary N) is 1. The van der Waals surface area contributed by atoms with Crippen molar-refractivity contribution in [3.8, 4) is 6.07 Å². The number of hydrogen-bond acceptors (Lipinski definition) is 3. The van der Waals surface area contributed by atoms with Crippen LogP contribution in [0.3, 0.4) is 0 Å². The van der Waals surface area contributed by atoms with Gasteiger partial charge in [0, 0.05) is 11.7 Å². The van der Waals surface area contributed by atoms with Gasteiger partial charge in [-0.2, -0.15) is 5.26 Å². The second-order valence-corrected chi connectivity index (χ2v) is 4.69. The van der Waals surface area contributed by atoms with E-state index in [0.717, 1.165) is 22.5 Å². The molecule has 0 saturated heterocycles. The molecule has 0 aliphatic rings. The lowest BCUT2D eigenvalue weighted by Gasteiger charge is -2.17. The molecule has 0 heterocycles. The fraction of sp³-hybridized carbons (Fsp3) is 0.188. The van der Waals surface area contributed by atoms with Gasteiger partial charge in [-0.05, 0) is 49.2 Å². The minimum atomic E-state index is 0.121. The predicted molar refractivity (Wildman–Crippen MR) is 78.8 cm³/mol. The van der Waals surface area contributed by atoms with Crippen LogP contribution in [-0.2, 0) is 0 Å². The largest absolute Gasteiger partial charge is 0.399 e. The molecule has 0 radical (unpaired) electrons. The number of hydrogen-bond donors (Lipinski definition) is 2. The van der Waals surface area contributed by atoms with Gasteiger partial charge >= 0.3 is 0 Å². The number of benzene rings is 2. The van der Waals surface area contributed by atoms with E-state index in [4.69, 9.17) is 11.0 Å². The minimum absolute atomic E-state index is 0.121. The second kappa shape index (κ2) is 5.45. The zero-order valence-electron chi connectivity index (χ0n) is 11.1. The molecule has 1 atom stereocenters. The summed E-state index contributed by atoms with van der Waals surface area (Å²) >= 11 is 0. The smallest absolute Gasteiger partial charge is 0.101 e. The van der Waals surface area contributed by atoms with Gasteiger partial charge in [-0.1, -0.05) is 18.2 Å². The van der Waals surface area contributed by atoms with E-state index in [9.17, 15) is 0 Å². The molecule has 0 aliphatic heterocycles. The van der Waals surface area contributed by atoms with Crippen LogP contribution in [0.4, 0.5) is 11.4 Å². The Morgan fingerprint density at radius 3 is 2.47 bits per heavy atom. The SMILES string of the molecule is Cc1ccc(NC(C)c2ccc(N)cc2)c(C#N)c1. The van der Waals surface area contributed by atoms with Gasteiger partial charge in [-0.15, -0.1) is 0 Å². The van der Waals surface area contributed by atoms with Crippen LogP contribution in [0, 0.1) is 18.3 Å². The summed E-state index contributed by atoms with van der Waals surface area (Å²) in [5.74, 6) is 0. The molecular weight excluding hydrogens is 234 g/mol. The van der Waals surface area contributed by atoms with E-state index < -0.39 is 0 Å². The first-order valence-corrected chi connectivity index (χ1v) is 6.23. The Bertz CT molecular complexity index is 609. The Hall–Kier alpha value is -2.47. The first kappa shape index (κ1) is 13.0. The fourth-order valence-electron chi connectivity index (χ4n) is 1.98. The van der Waals surface area contributed by atoms with Crippen LogP contribution in [0.15, 0.2) is 42.5 Å². The van der Waals surface area contributed by atoms with Crippen LogP contribution in [0.2, 0.25) is 0 Å². The summed E-state index contributed by atoms with van der Waals surface area (Å²) in [6.45, 7) is 4.04. The number of nitriles is 1. The van der Waals surface area contributed by atoms with E-state index in [2.05, 4.69) is 18.3 Å². The number of aryl methyl sites for hydroxylation is 1. The first-order chi connectivity index (χ1) is 9.10. The zero-order chi connectivity index (χ0) is 13.8. The molecule has 1 unspecified atom stereocenters.